The molecule has 1 aliphatic heterocycles. The predicted molar refractivity (Wildman–Crippen MR) is 81.7 cm³/mol. The molecule has 6 nitrogen and oxygen atoms in total. The summed E-state index contributed by atoms with van der Waals surface area (Å²) in [4.78, 5) is 13.9. The molecule has 1 atom stereocenters. The van der Waals surface area contributed by atoms with Crippen molar-refractivity contribution in [1.29, 1.82) is 5.26 Å². The summed E-state index contributed by atoms with van der Waals surface area (Å²) < 4.78 is 5.58. The first kappa shape index (κ1) is 14.6. The van der Waals surface area contributed by atoms with Gasteiger partial charge in [0.25, 0.3) is 5.91 Å². The van der Waals surface area contributed by atoms with Gasteiger partial charge in [0.2, 0.25) is 5.13 Å². The SMILES string of the molecule is CN(C(=O)c1cccc(C#N)c1)c1nnc([C@H]2CCCO2)s1. The molecule has 1 aliphatic rings. The number of carbonyl (C=O) groups excluding carboxylic acids is 1. The van der Waals surface area contributed by atoms with E-state index in [2.05, 4.69) is 10.2 Å². The minimum Gasteiger partial charge on any atom is -0.371 e. The van der Waals surface area contributed by atoms with Crippen LogP contribution in [0.15, 0.2) is 24.3 Å². The molecule has 7 heteroatoms. The molecule has 0 saturated carbocycles. The van der Waals surface area contributed by atoms with Gasteiger partial charge in [0.1, 0.15) is 11.1 Å². The van der Waals surface area contributed by atoms with Crippen LogP contribution >= 0.6 is 11.3 Å². The second kappa shape index (κ2) is 6.22. The molecule has 2 aromatic rings. The number of aromatic nitrogens is 2. The van der Waals surface area contributed by atoms with Gasteiger partial charge in [-0.15, -0.1) is 10.2 Å². The molecule has 112 valence electrons. The van der Waals surface area contributed by atoms with E-state index in [1.807, 2.05) is 6.07 Å². The highest BCUT2D eigenvalue weighted by Crippen LogP contribution is 2.33. The number of hydrogen-bond donors (Lipinski definition) is 0. The van der Waals surface area contributed by atoms with Gasteiger partial charge in [-0.1, -0.05) is 17.4 Å². The van der Waals surface area contributed by atoms with Crippen molar-refractivity contribution >= 4 is 22.4 Å². The van der Waals surface area contributed by atoms with Crippen molar-refractivity contribution in [2.75, 3.05) is 18.6 Å². The zero-order valence-corrected chi connectivity index (χ0v) is 12.8. The molecule has 0 aliphatic carbocycles. The van der Waals surface area contributed by atoms with Gasteiger partial charge in [-0.05, 0) is 31.0 Å². The average Bonchev–Trinajstić information content (AvgIpc) is 3.24. The van der Waals surface area contributed by atoms with Crippen LogP contribution in [0.5, 0.6) is 0 Å². The number of carbonyl (C=O) groups is 1. The molecular weight excluding hydrogens is 300 g/mol. The molecule has 1 fully saturated rings. The van der Waals surface area contributed by atoms with Gasteiger partial charge in [0.05, 0.1) is 11.6 Å². The third kappa shape index (κ3) is 2.84. The Morgan fingerprint density at radius 1 is 1.50 bits per heavy atom. The van der Waals surface area contributed by atoms with Crippen LogP contribution in [0.25, 0.3) is 0 Å². The standard InChI is InChI=1S/C15H14N4O2S/c1-19(14(20)11-5-2-4-10(8-11)9-16)15-18-17-13(22-15)12-6-3-7-21-12/h2,4-5,8,12H,3,6-7H2,1H3/t12-/m1/s1. The summed E-state index contributed by atoms with van der Waals surface area (Å²) in [5.74, 6) is -0.216. The molecule has 22 heavy (non-hydrogen) atoms. The fraction of sp³-hybridized carbons (Fsp3) is 0.333. The lowest BCUT2D eigenvalue weighted by molar-refractivity contribution is 0.0993. The van der Waals surface area contributed by atoms with Crippen LogP contribution in [0.2, 0.25) is 0 Å². The Kier molecular flexibility index (Phi) is 4.13. The molecule has 3 rings (SSSR count). The Balaban J connectivity index is 1.79. The van der Waals surface area contributed by atoms with E-state index in [1.165, 1.54) is 16.2 Å². The molecule has 2 heterocycles. The largest absolute Gasteiger partial charge is 0.371 e. The van der Waals surface area contributed by atoms with Gasteiger partial charge < -0.3 is 4.74 Å². The lowest BCUT2D eigenvalue weighted by Crippen LogP contribution is -2.26. The van der Waals surface area contributed by atoms with E-state index in [-0.39, 0.29) is 12.0 Å². The third-order valence-electron chi connectivity index (χ3n) is 3.47. The van der Waals surface area contributed by atoms with Crippen molar-refractivity contribution in [1.82, 2.24) is 10.2 Å². The van der Waals surface area contributed by atoms with E-state index >= 15 is 0 Å². The molecule has 1 saturated heterocycles. The van der Waals surface area contributed by atoms with E-state index in [1.54, 1.807) is 31.3 Å². The highest BCUT2D eigenvalue weighted by atomic mass is 32.1. The predicted octanol–water partition coefficient (Wildman–Crippen LogP) is 2.54. The Hall–Kier alpha value is -2.30. The van der Waals surface area contributed by atoms with E-state index in [4.69, 9.17) is 10.00 Å². The number of nitrogens with zero attached hydrogens (tertiary/aromatic N) is 4. The lowest BCUT2D eigenvalue weighted by atomic mass is 10.1. The smallest absolute Gasteiger partial charge is 0.259 e. The summed E-state index contributed by atoms with van der Waals surface area (Å²) in [5, 5.41) is 18.4. The number of hydrogen-bond acceptors (Lipinski definition) is 6. The molecule has 0 unspecified atom stereocenters. The molecule has 1 aromatic carbocycles. The van der Waals surface area contributed by atoms with E-state index in [0.29, 0.717) is 16.3 Å². The van der Waals surface area contributed by atoms with Crippen molar-refractivity contribution in [2.24, 2.45) is 0 Å². The first-order chi connectivity index (χ1) is 10.7. The van der Waals surface area contributed by atoms with Gasteiger partial charge in [0.15, 0.2) is 0 Å². The van der Waals surface area contributed by atoms with Crippen molar-refractivity contribution < 1.29 is 9.53 Å². The van der Waals surface area contributed by atoms with Crippen LogP contribution in [-0.4, -0.2) is 29.8 Å². The minimum absolute atomic E-state index is 0.00308. The normalized spacial score (nSPS) is 17.2. The van der Waals surface area contributed by atoms with Crippen LogP contribution in [0.4, 0.5) is 5.13 Å². The van der Waals surface area contributed by atoms with Gasteiger partial charge in [-0.2, -0.15) is 5.26 Å². The van der Waals surface area contributed by atoms with Gasteiger partial charge in [-0.3, -0.25) is 9.69 Å². The third-order valence-corrected chi connectivity index (χ3v) is 4.56. The Morgan fingerprint density at radius 3 is 3.09 bits per heavy atom. The van der Waals surface area contributed by atoms with Crippen LogP contribution < -0.4 is 4.90 Å². The van der Waals surface area contributed by atoms with Gasteiger partial charge in [-0.25, -0.2) is 0 Å². The van der Waals surface area contributed by atoms with Crippen LogP contribution in [-0.2, 0) is 4.74 Å². The summed E-state index contributed by atoms with van der Waals surface area (Å²) in [6, 6.07) is 8.64. The van der Waals surface area contributed by atoms with E-state index in [9.17, 15) is 4.79 Å². The number of nitriles is 1. The lowest BCUT2D eigenvalue weighted by Gasteiger charge is -2.13. The second-order valence-electron chi connectivity index (χ2n) is 4.98. The van der Waals surface area contributed by atoms with Gasteiger partial charge >= 0.3 is 0 Å². The summed E-state index contributed by atoms with van der Waals surface area (Å²) in [7, 11) is 1.65. The summed E-state index contributed by atoms with van der Waals surface area (Å²) >= 11 is 1.36. The highest BCUT2D eigenvalue weighted by Gasteiger charge is 2.24. The number of benzene rings is 1. The van der Waals surface area contributed by atoms with Gasteiger partial charge in [0, 0.05) is 19.2 Å². The maximum absolute atomic E-state index is 12.5. The molecule has 1 amide bonds. The van der Waals surface area contributed by atoms with E-state index in [0.717, 1.165) is 24.5 Å². The maximum Gasteiger partial charge on any atom is 0.259 e. The highest BCUT2D eigenvalue weighted by molar-refractivity contribution is 7.15. The van der Waals surface area contributed by atoms with Crippen LogP contribution in [0.3, 0.4) is 0 Å². The molecule has 0 N–H and O–H groups in total. The quantitative estimate of drug-likeness (QED) is 0.870. The van der Waals surface area contributed by atoms with Crippen LogP contribution in [0, 0.1) is 11.3 Å². The summed E-state index contributed by atoms with van der Waals surface area (Å²) in [6.45, 7) is 0.745. The number of ether oxygens (including phenoxy) is 1. The van der Waals surface area contributed by atoms with Crippen molar-refractivity contribution in [3.05, 3.63) is 40.4 Å². The molecule has 0 spiro atoms. The van der Waals surface area contributed by atoms with Crippen molar-refractivity contribution in [3.8, 4) is 6.07 Å². The molecule has 0 bridgehead atoms. The fourth-order valence-corrected chi connectivity index (χ4v) is 3.15. The second-order valence-corrected chi connectivity index (χ2v) is 5.97. The Bertz CT molecular complexity index is 731. The zero-order chi connectivity index (χ0) is 15.5. The summed E-state index contributed by atoms with van der Waals surface area (Å²) in [5.41, 5.74) is 0.909. The summed E-state index contributed by atoms with van der Waals surface area (Å²) in [6.07, 6.45) is 1.96. The monoisotopic (exact) mass is 314 g/mol. The molecule has 1 aromatic heterocycles. The number of rotatable bonds is 3. The number of anilines is 1. The molecular formula is C15H14N4O2S. The maximum atomic E-state index is 12.5. The zero-order valence-electron chi connectivity index (χ0n) is 12.0. The fourth-order valence-electron chi connectivity index (χ4n) is 2.27. The number of amides is 1. The van der Waals surface area contributed by atoms with Crippen LogP contribution in [0.1, 0.15) is 39.9 Å². The first-order valence-corrected chi connectivity index (χ1v) is 7.74. The average molecular weight is 314 g/mol. The van der Waals surface area contributed by atoms with Crippen molar-refractivity contribution in [2.45, 2.75) is 18.9 Å². The first-order valence-electron chi connectivity index (χ1n) is 6.92. The molecule has 0 radical (unpaired) electrons. The minimum atomic E-state index is -0.216. The Labute approximate surface area is 132 Å². The Morgan fingerprint density at radius 2 is 2.36 bits per heavy atom. The topological polar surface area (TPSA) is 79.1 Å². The van der Waals surface area contributed by atoms with E-state index < -0.39 is 0 Å². The van der Waals surface area contributed by atoms with Crippen molar-refractivity contribution in [3.63, 3.8) is 0 Å².